The van der Waals surface area contributed by atoms with E-state index in [4.69, 9.17) is 17.2 Å². The molecule has 7 N–H and O–H groups in total. The molecule has 0 aliphatic heterocycles. The highest BCUT2D eigenvalue weighted by molar-refractivity contribution is 8.13. The SMILES string of the molecule is Cn1cncc1C(N)[C@](N)(NC(=O)CCN)C(=O)SCCC=O. The maximum Gasteiger partial charge on any atom is 0.231 e. The predicted molar refractivity (Wildman–Crippen MR) is 87.0 cm³/mol. The zero-order valence-electron chi connectivity index (χ0n) is 12.9. The molecule has 128 valence electrons. The van der Waals surface area contributed by atoms with E-state index in [1.807, 2.05) is 0 Å². The summed E-state index contributed by atoms with van der Waals surface area (Å²) < 4.78 is 1.62. The Morgan fingerprint density at radius 2 is 2.26 bits per heavy atom. The maximum absolute atomic E-state index is 12.5. The Balaban J connectivity index is 3.03. The van der Waals surface area contributed by atoms with Gasteiger partial charge in [0, 0.05) is 38.4 Å². The summed E-state index contributed by atoms with van der Waals surface area (Å²) >= 11 is 0.849. The van der Waals surface area contributed by atoms with Gasteiger partial charge in [-0.25, -0.2) is 4.98 Å². The van der Waals surface area contributed by atoms with E-state index in [1.165, 1.54) is 12.5 Å². The van der Waals surface area contributed by atoms with E-state index in [-0.39, 0.29) is 25.1 Å². The van der Waals surface area contributed by atoms with Crippen LogP contribution < -0.4 is 22.5 Å². The molecule has 0 saturated heterocycles. The van der Waals surface area contributed by atoms with Crippen LogP contribution in [0.3, 0.4) is 0 Å². The molecule has 0 aromatic carbocycles. The number of nitrogens with zero attached hydrogens (tertiary/aromatic N) is 2. The summed E-state index contributed by atoms with van der Waals surface area (Å²) in [6.45, 7) is 0.120. The van der Waals surface area contributed by atoms with Gasteiger partial charge in [-0.2, -0.15) is 0 Å². The first-order valence-corrected chi connectivity index (χ1v) is 7.98. The molecular formula is C13H22N6O3S. The third kappa shape index (κ3) is 4.86. The molecule has 0 spiro atoms. The van der Waals surface area contributed by atoms with Crippen molar-refractivity contribution in [1.82, 2.24) is 14.9 Å². The molecule has 0 aliphatic rings. The van der Waals surface area contributed by atoms with E-state index in [2.05, 4.69) is 10.3 Å². The van der Waals surface area contributed by atoms with Crippen molar-refractivity contribution >= 4 is 29.1 Å². The van der Waals surface area contributed by atoms with Crippen molar-refractivity contribution in [2.75, 3.05) is 12.3 Å². The third-order valence-electron chi connectivity index (χ3n) is 3.19. The van der Waals surface area contributed by atoms with E-state index >= 15 is 0 Å². The number of aldehydes is 1. The highest BCUT2D eigenvalue weighted by Crippen LogP contribution is 2.25. The second-order valence-corrected chi connectivity index (χ2v) is 6.02. The molecule has 0 saturated carbocycles. The Morgan fingerprint density at radius 1 is 1.57 bits per heavy atom. The van der Waals surface area contributed by atoms with E-state index in [0.29, 0.717) is 12.0 Å². The van der Waals surface area contributed by atoms with Crippen LogP contribution in [-0.4, -0.2) is 44.8 Å². The molecule has 1 aromatic heterocycles. The molecule has 0 aliphatic carbocycles. The van der Waals surface area contributed by atoms with Gasteiger partial charge in [0.05, 0.1) is 18.1 Å². The Hall–Kier alpha value is -1.75. The van der Waals surface area contributed by atoms with Crippen LogP contribution in [-0.2, 0) is 21.4 Å². The molecule has 10 heteroatoms. The fraction of sp³-hybridized carbons (Fsp3) is 0.538. The van der Waals surface area contributed by atoms with Crippen molar-refractivity contribution in [3.8, 4) is 0 Å². The number of thioether (sulfide) groups is 1. The quantitative estimate of drug-likeness (QED) is 0.237. The lowest BCUT2D eigenvalue weighted by molar-refractivity contribution is -0.128. The van der Waals surface area contributed by atoms with Gasteiger partial charge in [-0.05, 0) is 0 Å². The second kappa shape index (κ2) is 8.77. The molecule has 2 atom stereocenters. The number of carbonyl (C=O) groups is 3. The van der Waals surface area contributed by atoms with Gasteiger partial charge >= 0.3 is 0 Å². The van der Waals surface area contributed by atoms with Crippen molar-refractivity contribution in [3.63, 3.8) is 0 Å². The zero-order chi connectivity index (χ0) is 17.5. The van der Waals surface area contributed by atoms with Crippen LogP contribution in [0, 0.1) is 0 Å². The molecule has 0 bridgehead atoms. The van der Waals surface area contributed by atoms with Crippen molar-refractivity contribution < 1.29 is 14.4 Å². The number of carbonyl (C=O) groups excluding carboxylic acids is 3. The van der Waals surface area contributed by atoms with Gasteiger partial charge in [-0.3, -0.25) is 15.3 Å². The highest BCUT2D eigenvalue weighted by atomic mass is 32.2. The van der Waals surface area contributed by atoms with Crippen LogP contribution in [0.25, 0.3) is 0 Å². The van der Waals surface area contributed by atoms with Gasteiger partial charge in [-0.15, -0.1) is 0 Å². The molecule has 1 unspecified atom stereocenters. The molecule has 0 radical (unpaired) electrons. The summed E-state index contributed by atoms with van der Waals surface area (Å²) in [5.41, 5.74) is 16.3. The number of aromatic nitrogens is 2. The number of aryl methyl sites for hydroxylation is 1. The smallest absolute Gasteiger partial charge is 0.231 e. The number of amides is 1. The number of hydrogen-bond acceptors (Lipinski definition) is 8. The van der Waals surface area contributed by atoms with Crippen LogP contribution in [0.2, 0.25) is 0 Å². The summed E-state index contributed by atoms with van der Waals surface area (Å²) in [5, 5.41) is 1.94. The minimum atomic E-state index is -1.83. The standard InChI is InChI=1S/C13H22N6O3S/c1-19-8-17-7-9(19)11(15)13(16,18-10(21)3-4-14)12(22)23-6-2-5-20/h5,7-8,11H,2-4,6,14-16H2,1H3,(H,18,21)/t11?,13-/m0/s1. The van der Waals surface area contributed by atoms with Gasteiger partial charge in [0.15, 0.2) is 5.66 Å². The van der Waals surface area contributed by atoms with E-state index < -0.39 is 22.7 Å². The molecule has 1 amide bonds. The van der Waals surface area contributed by atoms with Crippen LogP contribution in [0.4, 0.5) is 0 Å². The van der Waals surface area contributed by atoms with E-state index in [9.17, 15) is 14.4 Å². The molecular weight excluding hydrogens is 320 g/mol. The third-order valence-corrected chi connectivity index (χ3v) is 4.23. The van der Waals surface area contributed by atoms with Gasteiger partial charge in [0.2, 0.25) is 11.0 Å². The Labute approximate surface area is 138 Å². The first kappa shape index (κ1) is 19.3. The van der Waals surface area contributed by atoms with Crippen molar-refractivity contribution in [3.05, 3.63) is 18.2 Å². The van der Waals surface area contributed by atoms with Gasteiger partial charge in [0.1, 0.15) is 6.29 Å². The van der Waals surface area contributed by atoms with E-state index in [1.54, 1.807) is 11.6 Å². The lowest BCUT2D eigenvalue weighted by Gasteiger charge is -2.34. The lowest BCUT2D eigenvalue weighted by Crippen LogP contribution is -2.66. The number of rotatable bonds is 9. The number of imidazole rings is 1. The normalized spacial score (nSPS) is 14.8. The first-order chi connectivity index (χ1) is 10.9. The summed E-state index contributed by atoms with van der Waals surface area (Å²) in [5.74, 6) is -0.219. The second-order valence-electron chi connectivity index (χ2n) is 4.95. The monoisotopic (exact) mass is 342 g/mol. The van der Waals surface area contributed by atoms with Crippen molar-refractivity contribution in [2.45, 2.75) is 24.5 Å². The molecule has 9 nitrogen and oxygen atoms in total. The van der Waals surface area contributed by atoms with Crippen LogP contribution in [0.5, 0.6) is 0 Å². The minimum Gasteiger partial charge on any atom is -0.336 e. The van der Waals surface area contributed by atoms with Crippen LogP contribution in [0.15, 0.2) is 12.5 Å². The van der Waals surface area contributed by atoms with E-state index in [0.717, 1.165) is 11.8 Å². The Bertz CT molecular complexity index is 564. The van der Waals surface area contributed by atoms with Crippen molar-refractivity contribution in [1.29, 1.82) is 0 Å². The molecule has 23 heavy (non-hydrogen) atoms. The molecule has 1 aromatic rings. The lowest BCUT2D eigenvalue weighted by atomic mass is 10.00. The largest absolute Gasteiger partial charge is 0.336 e. The fourth-order valence-corrected chi connectivity index (χ4v) is 2.72. The Kier molecular flexibility index (Phi) is 7.36. The Morgan fingerprint density at radius 3 is 2.78 bits per heavy atom. The average molecular weight is 342 g/mol. The van der Waals surface area contributed by atoms with Crippen LogP contribution in [0.1, 0.15) is 24.6 Å². The minimum absolute atomic E-state index is 0.0172. The highest BCUT2D eigenvalue weighted by Gasteiger charge is 2.43. The number of nitrogens with two attached hydrogens (primary N) is 3. The van der Waals surface area contributed by atoms with Gasteiger partial charge in [0.25, 0.3) is 0 Å². The summed E-state index contributed by atoms with van der Waals surface area (Å²) in [4.78, 5) is 38.7. The molecule has 0 fully saturated rings. The molecule has 1 rings (SSSR count). The fourth-order valence-electron chi connectivity index (χ4n) is 1.90. The van der Waals surface area contributed by atoms with Crippen LogP contribution >= 0.6 is 11.8 Å². The topological polar surface area (TPSA) is 159 Å². The summed E-state index contributed by atoms with van der Waals surface area (Å²) in [6.07, 6.45) is 3.91. The predicted octanol–water partition coefficient (Wildman–Crippen LogP) is -1.61. The molecule has 1 heterocycles. The summed E-state index contributed by atoms with van der Waals surface area (Å²) in [7, 11) is 1.70. The maximum atomic E-state index is 12.5. The zero-order valence-corrected chi connectivity index (χ0v) is 13.7. The average Bonchev–Trinajstić information content (AvgIpc) is 2.92. The summed E-state index contributed by atoms with van der Waals surface area (Å²) in [6, 6.07) is -1.01. The van der Waals surface area contributed by atoms with Gasteiger partial charge < -0.3 is 26.1 Å². The van der Waals surface area contributed by atoms with Crippen molar-refractivity contribution in [2.24, 2.45) is 24.2 Å². The number of hydrogen-bond donors (Lipinski definition) is 4. The first-order valence-electron chi connectivity index (χ1n) is 6.99. The van der Waals surface area contributed by atoms with Gasteiger partial charge in [-0.1, -0.05) is 11.8 Å². The number of nitrogens with one attached hydrogen (secondary N) is 1.